The van der Waals surface area contributed by atoms with Gasteiger partial charge in [-0.25, -0.2) is 8.42 Å². The standard InChI is InChI=1S/C14H17N3O3S/c1-2-20-13-6-3-11(4-7-13)17-21(18,19)14-8-5-12(9-15)16-10-14/h3-8,10,17H,2,9,15H2,1H3. The van der Waals surface area contributed by atoms with Gasteiger partial charge in [-0.1, -0.05) is 0 Å². The molecular formula is C14H17N3O3S. The van der Waals surface area contributed by atoms with Gasteiger partial charge in [-0.15, -0.1) is 0 Å². The second-order valence-electron chi connectivity index (χ2n) is 4.25. The number of benzene rings is 1. The molecule has 0 saturated carbocycles. The van der Waals surface area contributed by atoms with E-state index in [4.69, 9.17) is 10.5 Å². The Morgan fingerprint density at radius 1 is 1.19 bits per heavy atom. The molecule has 0 aliphatic heterocycles. The van der Waals surface area contributed by atoms with Gasteiger partial charge in [-0.3, -0.25) is 9.71 Å². The third-order valence-electron chi connectivity index (χ3n) is 2.73. The zero-order chi connectivity index (χ0) is 15.3. The van der Waals surface area contributed by atoms with Crippen molar-refractivity contribution >= 4 is 15.7 Å². The molecule has 0 radical (unpaired) electrons. The minimum Gasteiger partial charge on any atom is -0.494 e. The van der Waals surface area contributed by atoms with Crippen LogP contribution in [-0.4, -0.2) is 20.0 Å². The maximum atomic E-state index is 12.2. The third-order valence-corrected chi connectivity index (χ3v) is 4.10. The second kappa shape index (κ2) is 6.55. The molecule has 7 heteroatoms. The third kappa shape index (κ3) is 3.93. The van der Waals surface area contributed by atoms with Crippen molar-refractivity contribution in [1.29, 1.82) is 0 Å². The molecule has 3 N–H and O–H groups in total. The van der Waals surface area contributed by atoms with Crippen LogP contribution in [0.2, 0.25) is 0 Å². The smallest absolute Gasteiger partial charge is 0.263 e. The van der Waals surface area contributed by atoms with Gasteiger partial charge in [0.1, 0.15) is 10.6 Å². The number of anilines is 1. The summed E-state index contributed by atoms with van der Waals surface area (Å²) in [6.07, 6.45) is 1.29. The molecule has 0 aliphatic carbocycles. The number of rotatable bonds is 6. The number of hydrogen-bond acceptors (Lipinski definition) is 5. The Labute approximate surface area is 124 Å². The summed E-state index contributed by atoms with van der Waals surface area (Å²) in [5.74, 6) is 0.689. The van der Waals surface area contributed by atoms with Crippen molar-refractivity contribution in [2.24, 2.45) is 5.73 Å². The monoisotopic (exact) mass is 307 g/mol. The largest absolute Gasteiger partial charge is 0.494 e. The summed E-state index contributed by atoms with van der Waals surface area (Å²) in [7, 11) is -3.66. The summed E-state index contributed by atoms with van der Waals surface area (Å²) in [4.78, 5) is 4.07. The van der Waals surface area contributed by atoms with Gasteiger partial charge in [0.05, 0.1) is 12.3 Å². The lowest BCUT2D eigenvalue weighted by molar-refractivity contribution is 0.340. The van der Waals surface area contributed by atoms with Crippen molar-refractivity contribution in [3.05, 3.63) is 48.3 Å². The molecule has 0 saturated heterocycles. The van der Waals surface area contributed by atoms with E-state index in [0.717, 1.165) is 0 Å². The maximum Gasteiger partial charge on any atom is 0.263 e. The minimum absolute atomic E-state index is 0.0913. The van der Waals surface area contributed by atoms with Crippen LogP contribution in [0, 0.1) is 0 Å². The lowest BCUT2D eigenvalue weighted by atomic mass is 10.3. The van der Waals surface area contributed by atoms with E-state index < -0.39 is 10.0 Å². The molecule has 2 rings (SSSR count). The Balaban J connectivity index is 2.16. The summed E-state index contributed by atoms with van der Waals surface area (Å²) in [5.41, 5.74) is 6.53. The lowest BCUT2D eigenvalue weighted by Gasteiger charge is -2.09. The predicted molar refractivity (Wildman–Crippen MR) is 80.5 cm³/mol. The highest BCUT2D eigenvalue weighted by Crippen LogP contribution is 2.19. The molecule has 0 atom stereocenters. The highest BCUT2D eigenvalue weighted by Gasteiger charge is 2.14. The SMILES string of the molecule is CCOc1ccc(NS(=O)(=O)c2ccc(CN)nc2)cc1. The number of ether oxygens (including phenoxy) is 1. The number of pyridine rings is 1. The number of aromatic nitrogens is 1. The van der Waals surface area contributed by atoms with E-state index in [1.54, 1.807) is 30.3 Å². The molecule has 0 fully saturated rings. The van der Waals surface area contributed by atoms with E-state index in [0.29, 0.717) is 23.7 Å². The average Bonchev–Trinajstić information content (AvgIpc) is 2.49. The van der Waals surface area contributed by atoms with Crippen LogP contribution < -0.4 is 15.2 Å². The maximum absolute atomic E-state index is 12.2. The van der Waals surface area contributed by atoms with E-state index in [-0.39, 0.29) is 11.4 Å². The summed E-state index contributed by atoms with van der Waals surface area (Å²) in [5, 5.41) is 0. The van der Waals surface area contributed by atoms with Crippen LogP contribution in [0.25, 0.3) is 0 Å². The summed E-state index contributed by atoms with van der Waals surface area (Å²) < 4.78 is 32.2. The number of sulfonamides is 1. The Hall–Kier alpha value is -2.12. The van der Waals surface area contributed by atoms with E-state index in [1.165, 1.54) is 12.3 Å². The molecule has 1 aromatic heterocycles. The molecule has 6 nitrogen and oxygen atoms in total. The predicted octanol–water partition coefficient (Wildman–Crippen LogP) is 1.74. The minimum atomic E-state index is -3.66. The first-order valence-electron chi connectivity index (χ1n) is 6.46. The van der Waals surface area contributed by atoms with E-state index in [1.807, 2.05) is 6.92 Å². The van der Waals surface area contributed by atoms with E-state index >= 15 is 0 Å². The van der Waals surface area contributed by atoms with Crippen molar-refractivity contribution in [2.75, 3.05) is 11.3 Å². The molecule has 0 unspecified atom stereocenters. The van der Waals surface area contributed by atoms with Crippen molar-refractivity contribution < 1.29 is 13.2 Å². The van der Waals surface area contributed by atoms with Gasteiger partial charge in [-0.05, 0) is 43.3 Å². The normalized spacial score (nSPS) is 11.1. The van der Waals surface area contributed by atoms with Crippen LogP contribution in [-0.2, 0) is 16.6 Å². The van der Waals surface area contributed by atoms with Crippen molar-refractivity contribution in [3.8, 4) is 5.75 Å². The van der Waals surface area contributed by atoms with Gasteiger partial charge in [0.25, 0.3) is 10.0 Å². The second-order valence-corrected chi connectivity index (χ2v) is 5.93. The zero-order valence-electron chi connectivity index (χ0n) is 11.6. The van der Waals surface area contributed by atoms with Gasteiger partial charge in [0, 0.05) is 18.4 Å². The highest BCUT2D eigenvalue weighted by molar-refractivity contribution is 7.92. The van der Waals surface area contributed by atoms with Crippen LogP contribution in [0.4, 0.5) is 5.69 Å². The van der Waals surface area contributed by atoms with E-state index in [2.05, 4.69) is 9.71 Å². The molecule has 21 heavy (non-hydrogen) atoms. The highest BCUT2D eigenvalue weighted by atomic mass is 32.2. The molecule has 1 aromatic carbocycles. The van der Waals surface area contributed by atoms with Gasteiger partial charge in [-0.2, -0.15) is 0 Å². The van der Waals surface area contributed by atoms with Crippen molar-refractivity contribution in [3.63, 3.8) is 0 Å². The van der Waals surface area contributed by atoms with Crippen LogP contribution in [0.1, 0.15) is 12.6 Å². The Bertz CT molecular complexity index is 682. The number of nitrogens with zero attached hydrogens (tertiary/aromatic N) is 1. The molecule has 1 heterocycles. The average molecular weight is 307 g/mol. The number of nitrogens with one attached hydrogen (secondary N) is 1. The van der Waals surface area contributed by atoms with Crippen LogP contribution in [0.3, 0.4) is 0 Å². The van der Waals surface area contributed by atoms with Crippen molar-refractivity contribution in [2.45, 2.75) is 18.4 Å². The van der Waals surface area contributed by atoms with E-state index in [9.17, 15) is 8.42 Å². The molecule has 0 bridgehead atoms. The molecule has 2 aromatic rings. The summed E-state index contributed by atoms with van der Waals surface area (Å²) >= 11 is 0. The topological polar surface area (TPSA) is 94.3 Å². The summed E-state index contributed by atoms with van der Waals surface area (Å²) in [6.45, 7) is 2.71. The first-order chi connectivity index (χ1) is 10.0. The van der Waals surface area contributed by atoms with Gasteiger partial charge < -0.3 is 10.5 Å². The molecule has 0 amide bonds. The molecule has 112 valence electrons. The Kier molecular flexibility index (Phi) is 4.77. The molecule has 0 aliphatic rings. The fourth-order valence-corrected chi connectivity index (χ4v) is 2.69. The van der Waals surface area contributed by atoms with Crippen LogP contribution in [0.5, 0.6) is 5.75 Å². The first-order valence-corrected chi connectivity index (χ1v) is 7.94. The number of hydrogen-bond donors (Lipinski definition) is 2. The number of nitrogens with two attached hydrogens (primary N) is 1. The Morgan fingerprint density at radius 2 is 1.90 bits per heavy atom. The lowest BCUT2D eigenvalue weighted by Crippen LogP contribution is -2.13. The van der Waals surface area contributed by atoms with Crippen LogP contribution >= 0.6 is 0 Å². The fraction of sp³-hybridized carbons (Fsp3) is 0.214. The molecular weight excluding hydrogens is 290 g/mol. The summed E-state index contributed by atoms with van der Waals surface area (Å²) in [6, 6.07) is 9.77. The quantitative estimate of drug-likeness (QED) is 0.847. The van der Waals surface area contributed by atoms with Crippen LogP contribution in [0.15, 0.2) is 47.5 Å². The van der Waals surface area contributed by atoms with Gasteiger partial charge in [0.15, 0.2) is 0 Å². The molecule has 0 spiro atoms. The van der Waals surface area contributed by atoms with Gasteiger partial charge in [0.2, 0.25) is 0 Å². The van der Waals surface area contributed by atoms with Gasteiger partial charge >= 0.3 is 0 Å². The Morgan fingerprint density at radius 3 is 2.43 bits per heavy atom. The zero-order valence-corrected chi connectivity index (χ0v) is 12.4. The fourth-order valence-electron chi connectivity index (χ4n) is 1.69. The first kappa shape index (κ1) is 15.3. The van der Waals surface area contributed by atoms with Crippen molar-refractivity contribution in [1.82, 2.24) is 4.98 Å².